The Hall–Kier alpha value is -4.02. The number of carbonyl (C=O) groups excluding carboxylic acids is 1. The maximum Gasteiger partial charge on any atom is 0.227 e. The van der Waals surface area contributed by atoms with E-state index in [-0.39, 0.29) is 30.2 Å². The summed E-state index contributed by atoms with van der Waals surface area (Å²) in [6, 6.07) is 9.74. The Morgan fingerprint density at radius 2 is 1.97 bits per heavy atom. The molecule has 0 saturated heterocycles. The van der Waals surface area contributed by atoms with Crippen LogP contribution in [0.5, 0.6) is 0 Å². The number of hydrogen-bond acceptors (Lipinski definition) is 7. The number of anilines is 1. The summed E-state index contributed by atoms with van der Waals surface area (Å²) >= 11 is 0. The van der Waals surface area contributed by atoms with Crippen LogP contribution in [0, 0.1) is 11.6 Å². The molecule has 4 aromatic rings. The van der Waals surface area contributed by atoms with Crippen molar-refractivity contribution in [2.45, 2.75) is 12.8 Å². The van der Waals surface area contributed by atoms with Gasteiger partial charge < -0.3 is 9.84 Å². The largest absolute Gasteiger partial charge is 0.339 e. The van der Waals surface area contributed by atoms with E-state index in [0.717, 1.165) is 0 Å². The van der Waals surface area contributed by atoms with Crippen molar-refractivity contribution in [1.29, 1.82) is 0 Å². The van der Waals surface area contributed by atoms with Crippen molar-refractivity contribution in [3.63, 3.8) is 0 Å². The van der Waals surface area contributed by atoms with E-state index in [4.69, 9.17) is 4.52 Å². The van der Waals surface area contributed by atoms with Crippen LogP contribution < -0.4 is 5.32 Å². The monoisotopic (exact) mass is 397 g/mol. The van der Waals surface area contributed by atoms with Gasteiger partial charge in [0, 0.05) is 18.4 Å². The van der Waals surface area contributed by atoms with Crippen molar-refractivity contribution < 1.29 is 18.1 Å². The van der Waals surface area contributed by atoms with Crippen molar-refractivity contribution in [1.82, 2.24) is 30.3 Å². The zero-order valence-corrected chi connectivity index (χ0v) is 14.8. The van der Waals surface area contributed by atoms with Crippen molar-refractivity contribution in [2.75, 3.05) is 5.32 Å². The number of aromatic nitrogens is 6. The van der Waals surface area contributed by atoms with Crippen LogP contribution >= 0.6 is 0 Å². The number of hydrogen-bond donors (Lipinski definition) is 1. The number of amides is 1. The van der Waals surface area contributed by atoms with E-state index in [1.165, 1.54) is 53.5 Å². The molecule has 9 nitrogen and oxygen atoms in total. The second kappa shape index (κ2) is 7.92. The average molecular weight is 397 g/mol. The van der Waals surface area contributed by atoms with Gasteiger partial charge in [-0.25, -0.2) is 13.5 Å². The summed E-state index contributed by atoms with van der Waals surface area (Å²) in [5.41, 5.74) is 1.08. The van der Waals surface area contributed by atoms with Gasteiger partial charge in [-0.05, 0) is 52.9 Å². The summed E-state index contributed by atoms with van der Waals surface area (Å²) < 4.78 is 33.4. The zero-order chi connectivity index (χ0) is 20.2. The lowest BCUT2D eigenvalue weighted by molar-refractivity contribution is -0.116. The SMILES string of the molecule is O=C(CCc1nc(-c2ccc(F)cc2)no1)Nc1cc(-n2cnnn2)ccc1F. The van der Waals surface area contributed by atoms with Crippen molar-refractivity contribution in [3.05, 3.63) is 66.3 Å². The maximum atomic E-state index is 14.0. The van der Waals surface area contributed by atoms with E-state index in [0.29, 0.717) is 17.1 Å². The van der Waals surface area contributed by atoms with Crippen LogP contribution in [0.3, 0.4) is 0 Å². The third kappa shape index (κ3) is 4.29. The lowest BCUT2D eigenvalue weighted by atomic mass is 10.2. The number of halogens is 2. The molecule has 0 spiro atoms. The Kier molecular flexibility index (Phi) is 5.01. The zero-order valence-electron chi connectivity index (χ0n) is 14.8. The van der Waals surface area contributed by atoms with Gasteiger partial charge in [0.05, 0.1) is 11.4 Å². The molecule has 1 amide bonds. The first-order valence-corrected chi connectivity index (χ1v) is 8.50. The fourth-order valence-corrected chi connectivity index (χ4v) is 2.54. The van der Waals surface area contributed by atoms with Gasteiger partial charge in [0.1, 0.15) is 18.0 Å². The standard InChI is InChI=1S/C18H13F2N7O2/c19-12-3-1-11(2-4-12)18-23-17(29-24-18)8-7-16(28)22-15-9-13(5-6-14(15)20)27-10-21-25-26-27/h1-6,9-10H,7-8H2,(H,22,28). The molecule has 146 valence electrons. The van der Waals surface area contributed by atoms with Crippen LogP contribution in [0.15, 0.2) is 53.3 Å². The van der Waals surface area contributed by atoms with Crippen molar-refractivity contribution >= 4 is 11.6 Å². The molecule has 11 heteroatoms. The first-order valence-electron chi connectivity index (χ1n) is 8.50. The quantitative estimate of drug-likeness (QED) is 0.532. The smallest absolute Gasteiger partial charge is 0.227 e. The minimum Gasteiger partial charge on any atom is -0.339 e. The minimum absolute atomic E-state index is 0.000397. The maximum absolute atomic E-state index is 14.0. The van der Waals surface area contributed by atoms with Crippen LogP contribution in [-0.4, -0.2) is 36.3 Å². The van der Waals surface area contributed by atoms with Crippen LogP contribution in [0.2, 0.25) is 0 Å². The second-order valence-corrected chi connectivity index (χ2v) is 5.99. The first kappa shape index (κ1) is 18.3. The van der Waals surface area contributed by atoms with E-state index in [9.17, 15) is 13.6 Å². The van der Waals surface area contributed by atoms with Crippen LogP contribution in [0.1, 0.15) is 12.3 Å². The van der Waals surface area contributed by atoms with Gasteiger partial charge in [-0.15, -0.1) is 5.10 Å². The molecule has 4 rings (SSSR count). The van der Waals surface area contributed by atoms with Gasteiger partial charge >= 0.3 is 0 Å². The molecular weight excluding hydrogens is 384 g/mol. The Morgan fingerprint density at radius 1 is 1.14 bits per heavy atom. The fourth-order valence-electron chi connectivity index (χ4n) is 2.54. The van der Waals surface area contributed by atoms with E-state index < -0.39 is 11.7 Å². The number of aryl methyl sites for hydroxylation is 1. The number of nitrogens with one attached hydrogen (secondary N) is 1. The van der Waals surface area contributed by atoms with Crippen molar-refractivity contribution in [2.24, 2.45) is 0 Å². The molecule has 2 aromatic heterocycles. The minimum atomic E-state index is -0.591. The van der Waals surface area contributed by atoms with E-state index in [2.05, 4.69) is 31.0 Å². The van der Waals surface area contributed by atoms with E-state index >= 15 is 0 Å². The predicted molar refractivity (Wildman–Crippen MR) is 95.8 cm³/mol. The summed E-state index contributed by atoms with van der Waals surface area (Å²) in [6.45, 7) is 0. The van der Waals surface area contributed by atoms with Gasteiger partial charge in [0.15, 0.2) is 0 Å². The molecule has 0 unspecified atom stereocenters. The Balaban J connectivity index is 1.38. The second-order valence-electron chi connectivity index (χ2n) is 5.99. The molecule has 29 heavy (non-hydrogen) atoms. The number of carbonyl (C=O) groups is 1. The Morgan fingerprint density at radius 3 is 2.72 bits per heavy atom. The molecule has 0 radical (unpaired) electrons. The number of rotatable bonds is 6. The number of nitrogens with zero attached hydrogens (tertiary/aromatic N) is 6. The number of tetrazole rings is 1. The molecule has 0 aliphatic carbocycles. The first-order chi connectivity index (χ1) is 14.1. The lowest BCUT2D eigenvalue weighted by Gasteiger charge is -2.08. The molecule has 0 aliphatic heterocycles. The summed E-state index contributed by atoms with van der Waals surface area (Å²) in [4.78, 5) is 16.4. The predicted octanol–water partition coefficient (Wildman–Crippen LogP) is 2.56. The van der Waals surface area contributed by atoms with Crippen LogP contribution in [0.25, 0.3) is 17.1 Å². The molecule has 0 bridgehead atoms. The van der Waals surface area contributed by atoms with Crippen LogP contribution in [-0.2, 0) is 11.2 Å². The highest BCUT2D eigenvalue weighted by atomic mass is 19.1. The van der Waals surface area contributed by atoms with E-state index in [1.54, 1.807) is 0 Å². The van der Waals surface area contributed by atoms with Crippen LogP contribution in [0.4, 0.5) is 14.5 Å². The van der Waals surface area contributed by atoms with Gasteiger partial charge in [0.25, 0.3) is 0 Å². The highest BCUT2D eigenvalue weighted by molar-refractivity contribution is 5.91. The van der Waals surface area contributed by atoms with E-state index in [1.807, 2.05) is 0 Å². The van der Waals surface area contributed by atoms with Gasteiger partial charge in [-0.3, -0.25) is 4.79 Å². The van der Waals surface area contributed by atoms with Gasteiger partial charge in [0.2, 0.25) is 17.6 Å². The summed E-state index contributed by atoms with van der Waals surface area (Å²) in [5.74, 6) is -0.862. The molecule has 0 fully saturated rings. The van der Waals surface area contributed by atoms with Gasteiger partial charge in [-0.1, -0.05) is 5.16 Å². The normalized spacial score (nSPS) is 10.8. The third-order valence-electron chi connectivity index (χ3n) is 3.97. The third-order valence-corrected chi connectivity index (χ3v) is 3.97. The fraction of sp³-hybridized carbons (Fsp3) is 0.111. The molecule has 0 saturated carbocycles. The lowest BCUT2D eigenvalue weighted by Crippen LogP contribution is -2.14. The summed E-state index contributed by atoms with van der Waals surface area (Å²) in [5, 5.41) is 17.1. The number of benzene rings is 2. The summed E-state index contributed by atoms with van der Waals surface area (Å²) in [6.07, 6.45) is 1.51. The average Bonchev–Trinajstić information content (AvgIpc) is 3.41. The highest BCUT2D eigenvalue weighted by Crippen LogP contribution is 2.19. The highest BCUT2D eigenvalue weighted by Gasteiger charge is 2.13. The molecular formula is C18H13F2N7O2. The molecule has 2 aromatic carbocycles. The van der Waals surface area contributed by atoms with Gasteiger partial charge in [-0.2, -0.15) is 4.98 Å². The van der Waals surface area contributed by atoms with Crippen molar-refractivity contribution in [3.8, 4) is 17.1 Å². The topological polar surface area (TPSA) is 112 Å². The Labute approximate surface area is 162 Å². The molecule has 1 N–H and O–H groups in total. The molecule has 0 aliphatic rings. The molecule has 0 atom stereocenters. The molecule has 2 heterocycles. The Bertz CT molecular complexity index is 1130. The summed E-state index contributed by atoms with van der Waals surface area (Å²) in [7, 11) is 0.